The highest BCUT2D eigenvalue weighted by Crippen LogP contribution is 2.31. The van der Waals surface area contributed by atoms with Crippen molar-refractivity contribution < 1.29 is 14.3 Å². The number of hydrogen-bond acceptors (Lipinski definition) is 3. The lowest BCUT2D eigenvalue weighted by Crippen LogP contribution is -2.30. The van der Waals surface area contributed by atoms with Gasteiger partial charge < -0.3 is 14.8 Å². The fourth-order valence-corrected chi connectivity index (χ4v) is 3.23. The summed E-state index contributed by atoms with van der Waals surface area (Å²) in [4.78, 5) is 12.8. The van der Waals surface area contributed by atoms with E-state index >= 15 is 0 Å². The standard InChI is InChI=1S/C23H22ClNO3/c1-27-21-12-11-17(15-22(21)28-2)20(13-16-7-4-3-5-8-16)25-23(26)18-9-6-10-19(24)14-18/h3-12,14-15,20H,13H2,1-2H3,(H,25,26). The van der Waals surface area contributed by atoms with Crippen molar-refractivity contribution in [2.75, 3.05) is 14.2 Å². The van der Waals surface area contributed by atoms with Gasteiger partial charge in [0.1, 0.15) is 0 Å². The molecular formula is C23H22ClNO3. The van der Waals surface area contributed by atoms with E-state index in [1.807, 2.05) is 48.5 Å². The summed E-state index contributed by atoms with van der Waals surface area (Å²) >= 11 is 6.03. The first kappa shape index (κ1) is 19.8. The lowest BCUT2D eigenvalue weighted by Gasteiger charge is -2.21. The average Bonchev–Trinajstić information content (AvgIpc) is 2.73. The van der Waals surface area contributed by atoms with Crippen LogP contribution in [0.15, 0.2) is 72.8 Å². The van der Waals surface area contributed by atoms with Gasteiger partial charge in [-0.2, -0.15) is 0 Å². The Morgan fingerprint density at radius 2 is 1.68 bits per heavy atom. The van der Waals surface area contributed by atoms with Crippen LogP contribution in [-0.4, -0.2) is 20.1 Å². The molecule has 0 radical (unpaired) electrons. The van der Waals surface area contributed by atoms with Gasteiger partial charge in [0.05, 0.1) is 20.3 Å². The van der Waals surface area contributed by atoms with Crippen LogP contribution < -0.4 is 14.8 Å². The molecule has 28 heavy (non-hydrogen) atoms. The Kier molecular flexibility index (Phi) is 6.56. The van der Waals surface area contributed by atoms with E-state index in [-0.39, 0.29) is 11.9 Å². The van der Waals surface area contributed by atoms with Crippen LogP contribution in [0, 0.1) is 0 Å². The number of hydrogen-bond donors (Lipinski definition) is 1. The summed E-state index contributed by atoms with van der Waals surface area (Å²) in [6, 6.07) is 22.4. The zero-order chi connectivity index (χ0) is 19.9. The summed E-state index contributed by atoms with van der Waals surface area (Å²) in [7, 11) is 3.19. The average molecular weight is 396 g/mol. The molecule has 0 fully saturated rings. The van der Waals surface area contributed by atoms with Crippen molar-refractivity contribution in [3.05, 3.63) is 94.5 Å². The number of amides is 1. The maximum Gasteiger partial charge on any atom is 0.251 e. The van der Waals surface area contributed by atoms with E-state index < -0.39 is 0 Å². The molecule has 5 heteroatoms. The van der Waals surface area contributed by atoms with Gasteiger partial charge in [0, 0.05) is 10.6 Å². The third-order valence-electron chi connectivity index (χ3n) is 4.48. The fourth-order valence-electron chi connectivity index (χ4n) is 3.04. The minimum absolute atomic E-state index is 0.182. The second-order valence-corrected chi connectivity index (χ2v) is 6.78. The number of carbonyl (C=O) groups excluding carboxylic acids is 1. The van der Waals surface area contributed by atoms with Crippen LogP contribution in [0.2, 0.25) is 5.02 Å². The van der Waals surface area contributed by atoms with Gasteiger partial charge >= 0.3 is 0 Å². The number of benzene rings is 3. The van der Waals surface area contributed by atoms with Gasteiger partial charge in [0.25, 0.3) is 5.91 Å². The Balaban J connectivity index is 1.92. The van der Waals surface area contributed by atoms with Crippen molar-refractivity contribution in [3.63, 3.8) is 0 Å². The maximum absolute atomic E-state index is 12.8. The maximum atomic E-state index is 12.8. The van der Waals surface area contributed by atoms with Crippen LogP contribution in [-0.2, 0) is 6.42 Å². The van der Waals surface area contributed by atoms with Crippen LogP contribution in [0.4, 0.5) is 0 Å². The molecule has 0 bridgehead atoms. The quantitative estimate of drug-likeness (QED) is 0.607. The van der Waals surface area contributed by atoms with Gasteiger partial charge in [-0.05, 0) is 47.9 Å². The number of methoxy groups -OCH3 is 2. The first-order chi connectivity index (χ1) is 13.6. The molecule has 0 heterocycles. The fraction of sp³-hybridized carbons (Fsp3) is 0.174. The van der Waals surface area contributed by atoms with Crippen LogP contribution >= 0.6 is 11.6 Å². The molecule has 0 aliphatic rings. The normalized spacial score (nSPS) is 11.5. The highest BCUT2D eigenvalue weighted by molar-refractivity contribution is 6.30. The third kappa shape index (κ3) is 4.84. The molecule has 1 atom stereocenters. The number of carbonyl (C=O) groups is 1. The smallest absolute Gasteiger partial charge is 0.251 e. The predicted molar refractivity (Wildman–Crippen MR) is 111 cm³/mol. The van der Waals surface area contributed by atoms with Crippen LogP contribution in [0.25, 0.3) is 0 Å². The molecule has 0 aliphatic carbocycles. The lowest BCUT2D eigenvalue weighted by molar-refractivity contribution is 0.0936. The lowest BCUT2D eigenvalue weighted by atomic mass is 9.98. The molecule has 0 spiro atoms. The van der Waals surface area contributed by atoms with Crippen molar-refractivity contribution >= 4 is 17.5 Å². The summed E-state index contributed by atoms with van der Waals surface area (Å²) in [5.41, 5.74) is 2.57. The summed E-state index contributed by atoms with van der Waals surface area (Å²) in [6.07, 6.45) is 0.641. The molecular weight excluding hydrogens is 374 g/mol. The van der Waals surface area contributed by atoms with Crippen molar-refractivity contribution in [2.45, 2.75) is 12.5 Å². The van der Waals surface area contributed by atoms with Crippen molar-refractivity contribution in [1.29, 1.82) is 0 Å². The summed E-state index contributed by atoms with van der Waals surface area (Å²) in [5, 5.41) is 3.65. The van der Waals surface area contributed by atoms with E-state index in [1.165, 1.54) is 0 Å². The van der Waals surface area contributed by atoms with Crippen molar-refractivity contribution in [2.24, 2.45) is 0 Å². The zero-order valence-electron chi connectivity index (χ0n) is 15.8. The predicted octanol–water partition coefficient (Wildman–Crippen LogP) is 5.07. The minimum atomic E-state index is -0.242. The molecule has 1 amide bonds. The summed E-state index contributed by atoms with van der Waals surface area (Å²) in [6.45, 7) is 0. The van der Waals surface area contributed by atoms with Crippen LogP contribution in [0.3, 0.4) is 0 Å². The Hall–Kier alpha value is -2.98. The molecule has 3 aromatic carbocycles. The van der Waals surface area contributed by atoms with E-state index in [2.05, 4.69) is 5.32 Å². The van der Waals surface area contributed by atoms with Gasteiger partial charge in [0.2, 0.25) is 0 Å². The number of rotatable bonds is 7. The molecule has 144 valence electrons. The highest BCUT2D eigenvalue weighted by Gasteiger charge is 2.18. The van der Waals surface area contributed by atoms with E-state index in [4.69, 9.17) is 21.1 Å². The number of ether oxygens (including phenoxy) is 2. The SMILES string of the molecule is COc1ccc(C(Cc2ccccc2)NC(=O)c2cccc(Cl)c2)cc1OC. The highest BCUT2D eigenvalue weighted by atomic mass is 35.5. The van der Waals surface area contributed by atoms with Gasteiger partial charge in [-0.25, -0.2) is 0 Å². The Morgan fingerprint density at radius 1 is 0.929 bits per heavy atom. The number of nitrogens with one attached hydrogen (secondary N) is 1. The largest absolute Gasteiger partial charge is 0.493 e. The zero-order valence-corrected chi connectivity index (χ0v) is 16.6. The molecule has 3 rings (SSSR count). The first-order valence-electron chi connectivity index (χ1n) is 8.93. The van der Waals surface area contributed by atoms with E-state index in [9.17, 15) is 4.79 Å². The van der Waals surface area contributed by atoms with E-state index in [1.54, 1.807) is 38.5 Å². The van der Waals surface area contributed by atoms with Gasteiger partial charge in [0.15, 0.2) is 11.5 Å². The molecule has 1 N–H and O–H groups in total. The topological polar surface area (TPSA) is 47.6 Å². The second-order valence-electron chi connectivity index (χ2n) is 6.34. The minimum Gasteiger partial charge on any atom is -0.493 e. The first-order valence-corrected chi connectivity index (χ1v) is 9.31. The van der Waals surface area contributed by atoms with Crippen molar-refractivity contribution in [3.8, 4) is 11.5 Å². The molecule has 1 unspecified atom stereocenters. The Bertz CT molecular complexity index is 944. The van der Waals surface area contributed by atoms with Gasteiger partial charge in [-0.1, -0.05) is 54.1 Å². The monoisotopic (exact) mass is 395 g/mol. The third-order valence-corrected chi connectivity index (χ3v) is 4.72. The summed E-state index contributed by atoms with van der Waals surface area (Å²) < 4.78 is 10.8. The molecule has 0 saturated heterocycles. The molecule has 3 aromatic rings. The summed E-state index contributed by atoms with van der Waals surface area (Å²) in [5.74, 6) is 1.08. The van der Waals surface area contributed by atoms with Crippen molar-refractivity contribution in [1.82, 2.24) is 5.32 Å². The Morgan fingerprint density at radius 3 is 2.36 bits per heavy atom. The van der Waals surface area contributed by atoms with E-state index in [0.717, 1.165) is 11.1 Å². The van der Waals surface area contributed by atoms with E-state index in [0.29, 0.717) is 28.5 Å². The molecule has 0 aliphatic heterocycles. The van der Waals surface area contributed by atoms with Gasteiger partial charge in [-0.15, -0.1) is 0 Å². The van der Waals surface area contributed by atoms with Crippen LogP contribution in [0.5, 0.6) is 11.5 Å². The molecule has 4 nitrogen and oxygen atoms in total. The van der Waals surface area contributed by atoms with Gasteiger partial charge in [-0.3, -0.25) is 4.79 Å². The molecule has 0 aromatic heterocycles. The second kappa shape index (κ2) is 9.29. The van der Waals surface area contributed by atoms with Crippen LogP contribution in [0.1, 0.15) is 27.5 Å². The molecule has 0 saturated carbocycles. The number of halogens is 1. The Labute approximate surface area is 170 Å².